The van der Waals surface area contributed by atoms with Gasteiger partial charge >= 0.3 is 5.97 Å². The number of hydrogen-bond acceptors (Lipinski definition) is 5. The van der Waals surface area contributed by atoms with Gasteiger partial charge in [-0.3, -0.25) is 14.4 Å². The monoisotopic (exact) mass is 568 g/mol. The first-order valence-corrected chi connectivity index (χ1v) is 13.1. The minimum Gasteiger partial charge on any atom is -0.481 e. The maximum absolute atomic E-state index is 14.3. The molecule has 1 unspecified atom stereocenters. The van der Waals surface area contributed by atoms with Crippen LogP contribution in [-0.4, -0.2) is 75.2 Å². The first-order chi connectivity index (χ1) is 16.7. The Balaban J connectivity index is 1.79. The van der Waals surface area contributed by atoms with Gasteiger partial charge in [0.2, 0.25) is 5.91 Å². The zero-order valence-electron chi connectivity index (χ0n) is 19.5. The van der Waals surface area contributed by atoms with Crippen LogP contribution in [0.2, 0.25) is 5.02 Å². The van der Waals surface area contributed by atoms with Crippen molar-refractivity contribution in [2.24, 2.45) is 11.8 Å². The minimum atomic E-state index is -1.25. The third-order valence-electron chi connectivity index (χ3n) is 7.40. The van der Waals surface area contributed by atoms with Gasteiger partial charge in [-0.25, -0.2) is 0 Å². The van der Waals surface area contributed by atoms with Crippen LogP contribution in [0.25, 0.3) is 0 Å². The number of aliphatic hydroxyl groups is 1. The number of unbranched alkanes of at least 4 members (excludes halogenated alkanes) is 2. The van der Waals surface area contributed by atoms with Gasteiger partial charge in [-0.2, -0.15) is 0 Å². The van der Waals surface area contributed by atoms with Gasteiger partial charge in [0.25, 0.3) is 5.91 Å². The number of benzene rings is 1. The lowest BCUT2D eigenvalue weighted by Crippen LogP contribution is -2.57. The second kappa shape index (κ2) is 10.2. The number of amides is 2. The summed E-state index contributed by atoms with van der Waals surface area (Å²) in [6.45, 7) is 6.12. The van der Waals surface area contributed by atoms with Gasteiger partial charge in [-0.05, 0) is 44.2 Å². The van der Waals surface area contributed by atoms with Gasteiger partial charge < -0.3 is 24.7 Å². The number of alkyl halides is 1. The molecule has 35 heavy (non-hydrogen) atoms. The maximum atomic E-state index is 14.3. The van der Waals surface area contributed by atoms with E-state index in [1.54, 1.807) is 18.2 Å². The lowest BCUT2D eigenvalue weighted by molar-refractivity contribution is -0.149. The number of rotatable bonds is 10. The molecule has 1 spiro atoms. The molecule has 3 saturated heterocycles. The Labute approximate surface area is 218 Å². The van der Waals surface area contributed by atoms with Crippen molar-refractivity contribution in [3.8, 4) is 0 Å². The van der Waals surface area contributed by atoms with Gasteiger partial charge in [-0.15, -0.1) is 6.58 Å². The van der Waals surface area contributed by atoms with E-state index in [4.69, 9.17) is 21.4 Å². The van der Waals surface area contributed by atoms with Crippen LogP contribution in [0.1, 0.15) is 31.2 Å². The van der Waals surface area contributed by atoms with Crippen LogP contribution >= 0.6 is 27.5 Å². The lowest BCUT2D eigenvalue weighted by atomic mass is 9.70. The van der Waals surface area contributed by atoms with Crippen molar-refractivity contribution in [1.29, 1.82) is 0 Å². The molecular weight excluding hydrogens is 540 g/mol. The van der Waals surface area contributed by atoms with Crippen LogP contribution in [0.5, 0.6) is 0 Å². The molecule has 2 amide bonds. The molecule has 6 atom stereocenters. The normalized spacial score (nSPS) is 31.0. The summed E-state index contributed by atoms with van der Waals surface area (Å²) in [5.74, 6) is -3.81. The number of carboxylic acids is 1. The highest BCUT2D eigenvalue weighted by molar-refractivity contribution is 9.09. The summed E-state index contributed by atoms with van der Waals surface area (Å²) in [5.41, 5.74) is 0.0741. The van der Waals surface area contributed by atoms with Crippen molar-refractivity contribution in [3.63, 3.8) is 0 Å². The summed E-state index contributed by atoms with van der Waals surface area (Å²) < 4.78 is 6.32. The summed E-state index contributed by atoms with van der Waals surface area (Å²) >= 11 is 10.1. The van der Waals surface area contributed by atoms with Crippen LogP contribution < -0.4 is 4.90 Å². The highest BCUT2D eigenvalue weighted by atomic mass is 79.9. The Bertz CT molecular complexity index is 1020. The number of aliphatic hydroxyl groups excluding tert-OH is 1. The molecule has 1 aromatic carbocycles. The number of carbonyl (C=O) groups excluding carboxylic acids is 2. The number of anilines is 1. The Kier molecular flexibility index (Phi) is 7.62. The molecule has 4 rings (SSSR count). The van der Waals surface area contributed by atoms with E-state index in [1.165, 1.54) is 9.80 Å². The molecule has 2 N–H and O–H groups in total. The zero-order chi connectivity index (χ0) is 25.5. The molecule has 0 saturated carbocycles. The van der Waals surface area contributed by atoms with E-state index in [0.717, 1.165) is 5.56 Å². The first-order valence-electron chi connectivity index (χ1n) is 11.8. The second-order valence-electron chi connectivity index (χ2n) is 9.46. The third kappa shape index (κ3) is 4.20. The van der Waals surface area contributed by atoms with Crippen LogP contribution in [-0.2, 0) is 19.1 Å². The van der Waals surface area contributed by atoms with Crippen molar-refractivity contribution in [2.75, 3.05) is 24.6 Å². The molecule has 0 aliphatic carbocycles. The molecule has 3 aliphatic heterocycles. The van der Waals surface area contributed by atoms with E-state index in [9.17, 15) is 19.5 Å². The van der Waals surface area contributed by atoms with E-state index in [2.05, 4.69) is 22.5 Å². The zero-order valence-corrected chi connectivity index (χ0v) is 21.9. The minimum absolute atomic E-state index is 0.0406. The molecule has 0 aromatic heterocycles. The van der Waals surface area contributed by atoms with Gasteiger partial charge in [0, 0.05) is 24.5 Å². The second-order valence-corrected chi connectivity index (χ2v) is 11.0. The average Bonchev–Trinajstić information content (AvgIpc) is 3.39. The van der Waals surface area contributed by atoms with Crippen molar-refractivity contribution < 1.29 is 29.3 Å². The highest BCUT2D eigenvalue weighted by Crippen LogP contribution is 2.60. The van der Waals surface area contributed by atoms with E-state index in [0.29, 0.717) is 36.4 Å². The number of nitrogens with zero attached hydrogens (tertiary/aromatic N) is 2. The molecule has 3 fully saturated rings. The number of hydrogen-bond donors (Lipinski definition) is 2. The maximum Gasteiger partial charge on any atom is 0.310 e. The molecular formula is C25H30BrClN2O6. The van der Waals surface area contributed by atoms with Crippen molar-refractivity contribution in [3.05, 3.63) is 41.4 Å². The van der Waals surface area contributed by atoms with E-state index in [-0.39, 0.29) is 36.3 Å². The number of halogens is 2. The highest BCUT2D eigenvalue weighted by Gasteiger charge is 2.76. The predicted octanol–water partition coefficient (Wildman–Crippen LogP) is 3.16. The van der Waals surface area contributed by atoms with Gasteiger partial charge in [0.1, 0.15) is 11.6 Å². The molecule has 2 bridgehead atoms. The van der Waals surface area contributed by atoms with Crippen LogP contribution in [0.15, 0.2) is 30.9 Å². The topological polar surface area (TPSA) is 107 Å². The fourth-order valence-electron chi connectivity index (χ4n) is 6.04. The summed E-state index contributed by atoms with van der Waals surface area (Å²) in [6.07, 6.45) is 3.08. The number of carbonyl (C=O) groups is 3. The number of aliphatic carboxylic acids is 1. The molecule has 190 valence electrons. The number of ether oxygens (including phenoxy) is 1. The predicted molar refractivity (Wildman–Crippen MR) is 135 cm³/mol. The summed E-state index contributed by atoms with van der Waals surface area (Å²) in [4.78, 5) is 43.0. The number of likely N-dealkylation sites (tertiary alicyclic amines) is 1. The standard InChI is InChI=1S/C25H30BrClN2O6/c1-3-10-28(19-14(2)8-7-9-16(19)27)23(32)21-25-13-15(26)20(35-25)17(24(33)34)18(25)22(31)29(21)11-5-4-6-12-30/h3,7-9,15,17-18,20-21,30H,1,4-6,10-13H2,2H3,(H,33,34)/t15?,17-,18+,20-,21-,25+/m0/s1. The van der Waals surface area contributed by atoms with Crippen molar-refractivity contribution in [1.82, 2.24) is 4.90 Å². The quantitative estimate of drug-likeness (QED) is 0.255. The molecule has 1 aromatic rings. The third-order valence-corrected chi connectivity index (χ3v) is 8.55. The fraction of sp³-hybridized carbons (Fsp3) is 0.560. The van der Waals surface area contributed by atoms with E-state index in [1.807, 2.05) is 13.0 Å². The Hall–Kier alpha value is -1.94. The first kappa shape index (κ1) is 26.1. The van der Waals surface area contributed by atoms with Crippen molar-refractivity contribution >= 4 is 51.0 Å². The smallest absolute Gasteiger partial charge is 0.310 e. The number of fused-ring (bicyclic) bond motifs is 1. The number of aryl methyl sites for hydroxylation is 1. The molecule has 0 radical (unpaired) electrons. The molecule has 10 heteroatoms. The number of carboxylic acid groups (broad SMARTS) is 1. The Morgan fingerprint density at radius 2 is 2.11 bits per heavy atom. The SMILES string of the molecule is C=CCN(C(=O)[C@@H]1N(CCCCCO)C(=O)[C@H]2[C@H](C(=O)O)[C@H]3O[C@@]12CC3Br)c1c(C)cccc1Cl. The fourth-order valence-corrected chi connectivity index (χ4v) is 7.30. The number of para-hydroxylation sites is 1. The largest absolute Gasteiger partial charge is 0.481 e. The molecule has 3 aliphatic rings. The van der Waals surface area contributed by atoms with Crippen LogP contribution in [0.4, 0.5) is 5.69 Å². The summed E-state index contributed by atoms with van der Waals surface area (Å²) in [7, 11) is 0. The molecule has 8 nitrogen and oxygen atoms in total. The molecule has 3 heterocycles. The Morgan fingerprint density at radius 1 is 1.37 bits per heavy atom. The lowest BCUT2D eigenvalue weighted by Gasteiger charge is -2.37. The van der Waals surface area contributed by atoms with Crippen LogP contribution in [0, 0.1) is 18.8 Å². The summed E-state index contributed by atoms with van der Waals surface area (Å²) in [5, 5.41) is 19.5. The van der Waals surface area contributed by atoms with Gasteiger partial charge in [0.05, 0.1) is 28.6 Å². The van der Waals surface area contributed by atoms with Gasteiger partial charge in [0.15, 0.2) is 0 Å². The van der Waals surface area contributed by atoms with E-state index >= 15 is 0 Å². The van der Waals surface area contributed by atoms with E-state index < -0.39 is 35.6 Å². The van der Waals surface area contributed by atoms with Crippen molar-refractivity contribution in [2.45, 2.75) is 55.2 Å². The summed E-state index contributed by atoms with van der Waals surface area (Å²) in [6, 6.07) is 4.35. The van der Waals surface area contributed by atoms with Crippen LogP contribution in [0.3, 0.4) is 0 Å². The van der Waals surface area contributed by atoms with Gasteiger partial charge in [-0.1, -0.05) is 45.7 Å². The average molecular weight is 570 g/mol. The Morgan fingerprint density at radius 3 is 2.74 bits per heavy atom.